The number of benzene rings is 1. The van der Waals surface area contributed by atoms with Crippen LogP contribution in [-0.4, -0.2) is 65.5 Å². The molecule has 1 spiro atoms. The molecule has 220 valence electrons. The molecule has 1 amide bonds. The predicted molar refractivity (Wildman–Crippen MR) is 146 cm³/mol. The quantitative estimate of drug-likeness (QED) is 0.273. The van der Waals surface area contributed by atoms with Crippen molar-refractivity contribution in [3.8, 4) is 0 Å². The maximum absolute atomic E-state index is 13.5. The number of nitrogens with one attached hydrogen (secondary N) is 2. The van der Waals surface area contributed by atoms with Gasteiger partial charge in [-0.3, -0.25) is 4.79 Å². The SMILES string of the molecule is CC1CCC2C(C)(C)C(=NO)C(NS(=O)(=O)c3ccccc3)CC23OC2C(CC13C)C(O)CC1C(=O)NC(O)C12. The van der Waals surface area contributed by atoms with Gasteiger partial charge in [-0.2, -0.15) is 0 Å². The number of aliphatic hydroxyl groups excluding tert-OH is 2. The number of carbonyl (C=O) groups is 1. The lowest BCUT2D eigenvalue weighted by molar-refractivity contribution is -0.324. The molecular weight excluding hydrogens is 534 g/mol. The van der Waals surface area contributed by atoms with Crippen LogP contribution in [0.2, 0.25) is 0 Å². The standard InChI is InChI=1S/C29H41N3O7S/c1-15-10-11-21-27(2,3)24(31-36)19(32-40(37,38)16-8-6-5-7-9-16)14-29(21)28(15,4)13-18-20(33)12-17-22(23(18)39-29)26(35)30-25(17)34/h5-9,15,17-23,26,32-33,35-36H,10-14H2,1-4H3,(H,30,34). The van der Waals surface area contributed by atoms with Crippen LogP contribution in [0.1, 0.15) is 59.8 Å². The van der Waals surface area contributed by atoms with E-state index in [1.807, 2.05) is 13.8 Å². The molecule has 40 heavy (non-hydrogen) atoms. The number of carbonyl (C=O) groups excluding carboxylic acids is 1. The first-order chi connectivity index (χ1) is 18.8. The summed E-state index contributed by atoms with van der Waals surface area (Å²) in [5, 5.41) is 38.8. The molecule has 10 nitrogen and oxygen atoms in total. The molecule has 3 saturated carbocycles. The third-order valence-corrected chi connectivity index (χ3v) is 13.1. The topological polar surface area (TPSA) is 158 Å². The molecule has 2 aliphatic heterocycles. The van der Waals surface area contributed by atoms with E-state index in [0.717, 1.165) is 12.8 Å². The summed E-state index contributed by atoms with van der Waals surface area (Å²) >= 11 is 0. The third kappa shape index (κ3) is 3.77. The van der Waals surface area contributed by atoms with E-state index < -0.39 is 62.8 Å². The van der Waals surface area contributed by atoms with Crippen molar-refractivity contribution in [1.29, 1.82) is 0 Å². The highest BCUT2D eigenvalue weighted by Gasteiger charge is 2.72. The number of amides is 1. The first-order valence-corrected chi connectivity index (χ1v) is 15.9. The Morgan fingerprint density at radius 2 is 1.80 bits per heavy atom. The first kappa shape index (κ1) is 28.1. The second-order valence-corrected chi connectivity index (χ2v) is 15.3. The fourth-order valence-electron chi connectivity index (χ4n) is 9.43. The maximum Gasteiger partial charge on any atom is 0.241 e. The average molecular weight is 576 g/mol. The van der Waals surface area contributed by atoms with Gasteiger partial charge in [0.05, 0.1) is 40.4 Å². The summed E-state index contributed by atoms with van der Waals surface area (Å²) in [6.07, 6.45) is 0.441. The van der Waals surface area contributed by atoms with Gasteiger partial charge in [0, 0.05) is 17.3 Å². The Labute approximate surface area is 235 Å². The Hall–Kier alpha value is -2.05. The van der Waals surface area contributed by atoms with E-state index in [4.69, 9.17) is 4.74 Å². The second kappa shape index (κ2) is 9.22. The van der Waals surface area contributed by atoms with Gasteiger partial charge >= 0.3 is 0 Å². The molecule has 1 aromatic carbocycles. The van der Waals surface area contributed by atoms with Crippen LogP contribution < -0.4 is 10.0 Å². The maximum atomic E-state index is 13.5. The molecule has 11 atom stereocenters. The smallest absolute Gasteiger partial charge is 0.241 e. The van der Waals surface area contributed by atoms with Crippen molar-refractivity contribution >= 4 is 21.6 Å². The molecule has 5 N–H and O–H groups in total. The number of oxime groups is 1. The van der Waals surface area contributed by atoms with Gasteiger partial charge in [0.15, 0.2) is 0 Å². The van der Waals surface area contributed by atoms with Crippen molar-refractivity contribution in [2.24, 2.45) is 45.6 Å². The van der Waals surface area contributed by atoms with E-state index >= 15 is 0 Å². The minimum atomic E-state index is -3.96. The highest BCUT2D eigenvalue weighted by Crippen LogP contribution is 2.68. The highest BCUT2D eigenvalue weighted by molar-refractivity contribution is 7.89. The summed E-state index contributed by atoms with van der Waals surface area (Å²) in [6, 6.07) is 7.27. The first-order valence-electron chi connectivity index (χ1n) is 14.4. The van der Waals surface area contributed by atoms with Crippen LogP contribution >= 0.6 is 0 Å². The number of hydrogen-bond acceptors (Lipinski definition) is 8. The van der Waals surface area contributed by atoms with Crippen LogP contribution in [0.4, 0.5) is 0 Å². The van der Waals surface area contributed by atoms with Crippen LogP contribution in [0.3, 0.4) is 0 Å². The molecule has 6 rings (SSSR count). The summed E-state index contributed by atoms with van der Waals surface area (Å²) in [4.78, 5) is 12.8. The van der Waals surface area contributed by atoms with Gasteiger partial charge in [-0.05, 0) is 61.5 Å². The highest BCUT2D eigenvalue weighted by atomic mass is 32.2. The number of ether oxygens (including phenoxy) is 1. The molecule has 3 aliphatic carbocycles. The van der Waals surface area contributed by atoms with Crippen molar-refractivity contribution in [3.05, 3.63) is 30.3 Å². The van der Waals surface area contributed by atoms with Crippen LogP contribution in [0.15, 0.2) is 40.4 Å². The molecule has 0 aromatic heterocycles. The minimum absolute atomic E-state index is 0.117. The van der Waals surface area contributed by atoms with Crippen LogP contribution in [0.25, 0.3) is 0 Å². The van der Waals surface area contributed by atoms with Gasteiger partial charge in [-0.15, -0.1) is 0 Å². The number of fused-ring (bicyclic) bond motifs is 3. The zero-order valence-electron chi connectivity index (χ0n) is 23.4. The van der Waals surface area contributed by atoms with E-state index in [0.29, 0.717) is 12.1 Å². The van der Waals surface area contributed by atoms with E-state index in [-0.39, 0.29) is 41.4 Å². The zero-order chi connectivity index (χ0) is 28.8. The lowest BCUT2D eigenvalue weighted by Crippen LogP contribution is -2.75. The molecule has 11 heteroatoms. The van der Waals surface area contributed by atoms with Gasteiger partial charge in [0.1, 0.15) is 6.23 Å². The van der Waals surface area contributed by atoms with Crippen molar-refractivity contribution in [2.75, 3.05) is 0 Å². The van der Waals surface area contributed by atoms with Crippen LogP contribution in [-0.2, 0) is 19.6 Å². The summed E-state index contributed by atoms with van der Waals surface area (Å²) < 4.78 is 37.2. The monoisotopic (exact) mass is 575 g/mol. The number of rotatable bonds is 3. The lowest BCUT2D eigenvalue weighted by atomic mass is 9.41. The van der Waals surface area contributed by atoms with Crippen LogP contribution in [0.5, 0.6) is 0 Å². The zero-order valence-corrected chi connectivity index (χ0v) is 24.3. The largest absolute Gasteiger partial charge is 0.411 e. The fourth-order valence-corrected chi connectivity index (χ4v) is 10.6. The van der Waals surface area contributed by atoms with Crippen molar-refractivity contribution in [3.63, 3.8) is 0 Å². The van der Waals surface area contributed by atoms with E-state index in [2.05, 4.69) is 29.0 Å². The molecule has 2 saturated heterocycles. The number of sulfonamides is 1. The summed E-state index contributed by atoms with van der Waals surface area (Å²) in [6.45, 7) is 8.35. The number of hydrogen-bond donors (Lipinski definition) is 5. The molecule has 11 unspecified atom stereocenters. The Morgan fingerprint density at radius 1 is 1.10 bits per heavy atom. The summed E-state index contributed by atoms with van der Waals surface area (Å²) in [7, 11) is -3.96. The van der Waals surface area contributed by atoms with E-state index in [1.165, 1.54) is 12.1 Å². The fraction of sp³-hybridized carbons (Fsp3) is 0.724. The van der Waals surface area contributed by atoms with E-state index in [9.17, 15) is 28.6 Å². The number of aliphatic hydroxyl groups is 2. The minimum Gasteiger partial charge on any atom is -0.411 e. The summed E-state index contributed by atoms with van der Waals surface area (Å²) in [5.41, 5.74) is -1.68. The molecular formula is C29H41N3O7S. The molecule has 0 bridgehead atoms. The van der Waals surface area contributed by atoms with Gasteiger partial charge in [-0.1, -0.05) is 51.0 Å². The second-order valence-electron chi connectivity index (χ2n) is 13.6. The van der Waals surface area contributed by atoms with Crippen molar-refractivity contribution < 1.29 is 33.4 Å². The summed E-state index contributed by atoms with van der Waals surface area (Å²) in [5.74, 6) is -1.51. The van der Waals surface area contributed by atoms with Gasteiger partial charge < -0.3 is 25.5 Å². The molecule has 1 aromatic rings. The Balaban J connectivity index is 1.47. The predicted octanol–water partition coefficient (Wildman–Crippen LogP) is 2.24. The average Bonchev–Trinajstić information content (AvgIpc) is 3.17. The van der Waals surface area contributed by atoms with Crippen molar-refractivity contribution in [2.45, 2.75) is 94.8 Å². The van der Waals surface area contributed by atoms with E-state index in [1.54, 1.807) is 18.2 Å². The Kier molecular flexibility index (Phi) is 6.48. The van der Waals surface area contributed by atoms with Gasteiger partial charge in [-0.25, -0.2) is 13.1 Å². The number of nitrogens with zero attached hydrogens (tertiary/aromatic N) is 1. The molecule has 0 radical (unpaired) electrons. The lowest BCUT2D eigenvalue weighted by Gasteiger charge is -2.70. The molecule has 5 aliphatic rings. The molecule has 5 fully saturated rings. The van der Waals surface area contributed by atoms with Crippen LogP contribution in [0, 0.1) is 40.4 Å². The van der Waals surface area contributed by atoms with Crippen molar-refractivity contribution in [1.82, 2.24) is 10.0 Å². The Bertz CT molecular complexity index is 1320. The molecule has 2 heterocycles. The normalized spacial score (nSPS) is 47.0. The van der Waals surface area contributed by atoms with Gasteiger partial charge in [0.2, 0.25) is 15.9 Å². The third-order valence-electron chi connectivity index (χ3n) is 11.6. The van der Waals surface area contributed by atoms with Gasteiger partial charge in [0.25, 0.3) is 0 Å². The Morgan fingerprint density at radius 3 is 2.48 bits per heavy atom.